The molecule has 3 rings (SSSR count). The van der Waals surface area contributed by atoms with Gasteiger partial charge in [0.2, 0.25) is 0 Å². The first-order valence-corrected chi connectivity index (χ1v) is 7.76. The minimum Gasteiger partial charge on any atom is -0.324 e. The zero-order chi connectivity index (χ0) is 17.3. The number of rotatable bonds is 4. The van der Waals surface area contributed by atoms with Crippen LogP contribution in [0.5, 0.6) is 0 Å². The second-order valence-corrected chi connectivity index (χ2v) is 6.12. The second-order valence-electron chi connectivity index (χ2n) is 6.12. The van der Waals surface area contributed by atoms with Gasteiger partial charge >= 0.3 is 5.97 Å². The highest BCUT2D eigenvalue weighted by Gasteiger charge is 2.38. The number of fused-ring (bicyclic) bond motifs is 1. The highest BCUT2D eigenvalue weighted by atomic mass is 16.7. The number of carbonyl (C=O) groups is 3. The maximum absolute atomic E-state index is 12.2. The van der Waals surface area contributed by atoms with Gasteiger partial charge < -0.3 is 4.84 Å². The van der Waals surface area contributed by atoms with E-state index in [1.54, 1.807) is 24.3 Å². The maximum Gasteiger partial charge on any atom is 0.363 e. The number of hydroxylamine groups is 2. The van der Waals surface area contributed by atoms with Gasteiger partial charge in [0, 0.05) is 0 Å². The smallest absolute Gasteiger partial charge is 0.324 e. The van der Waals surface area contributed by atoms with Crippen molar-refractivity contribution in [2.45, 2.75) is 20.3 Å². The van der Waals surface area contributed by atoms with Crippen LogP contribution in [0.15, 0.2) is 48.5 Å². The highest BCUT2D eigenvalue weighted by molar-refractivity contribution is 6.21. The molecule has 0 aromatic heterocycles. The van der Waals surface area contributed by atoms with E-state index >= 15 is 0 Å². The van der Waals surface area contributed by atoms with Crippen molar-refractivity contribution in [3.63, 3.8) is 0 Å². The Morgan fingerprint density at radius 2 is 1.50 bits per heavy atom. The summed E-state index contributed by atoms with van der Waals surface area (Å²) in [6.45, 7) is 4.23. The fourth-order valence-electron chi connectivity index (χ4n) is 2.63. The first-order chi connectivity index (χ1) is 11.5. The normalized spacial score (nSPS) is 13.4. The number of imide groups is 1. The quantitative estimate of drug-likeness (QED) is 0.810. The lowest BCUT2D eigenvalue weighted by Crippen LogP contribution is -2.32. The molecule has 0 bridgehead atoms. The van der Waals surface area contributed by atoms with E-state index in [9.17, 15) is 14.4 Å². The number of benzene rings is 2. The van der Waals surface area contributed by atoms with E-state index in [0.29, 0.717) is 16.5 Å². The van der Waals surface area contributed by atoms with Crippen molar-refractivity contribution in [1.29, 1.82) is 0 Å². The third-order valence-electron chi connectivity index (χ3n) is 3.76. The first kappa shape index (κ1) is 15.9. The molecule has 1 heterocycles. The van der Waals surface area contributed by atoms with Crippen LogP contribution in [0.4, 0.5) is 0 Å². The average Bonchev–Trinajstić information content (AvgIpc) is 2.80. The minimum absolute atomic E-state index is 0.239. The van der Waals surface area contributed by atoms with Gasteiger partial charge in [-0.2, -0.15) is 0 Å². The fraction of sp³-hybridized carbons (Fsp3) is 0.211. The number of hydrogen-bond donors (Lipinski definition) is 0. The van der Waals surface area contributed by atoms with Crippen LogP contribution in [-0.2, 0) is 11.3 Å². The summed E-state index contributed by atoms with van der Waals surface area (Å²) in [4.78, 5) is 41.6. The molecule has 0 aliphatic carbocycles. The molecule has 2 aromatic rings. The van der Waals surface area contributed by atoms with Crippen molar-refractivity contribution in [3.8, 4) is 0 Å². The van der Waals surface area contributed by atoms with Gasteiger partial charge in [0.05, 0.1) is 16.7 Å². The summed E-state index contributed by atoms with van der Waals surface area (Å²) in [5, 5.41) is 0.523. The van der Waals surface area contributed by atoms with Crippen LogP contribution in [0.25, 0.3) is 0 Å². The molecule has 122 valence electrons. The zero-order valence-electron chi connectivity index (χ0n) is 13.5. The molecule has 0 atom stereocenters. The SMILES string of the molecule is CC(C)Cc1ccc(C(=O)ON2C(=O)c3ccccc3C2=O)cc1. The van der Waals surface area contributed by atoms with E-state index < -0.39 is 17.8 Å². The molecule has 0 spiro atoms. The molecule has 0 N–H and O–H groups in total. The molecule has 0 saturated heterocycles. The van der Waals surface area contributed by atoms with Crippen LogP contribution in [0.2, 0.25) is 0 Å². The monoisotopic (exact) mass is 323 g/mol. The lowest BCUT2D eigenvalue weighted by Gasteiger charge is -2.13. The number of nitrogens with zero attached hydrogens (tertiary/aromatic N) is 1. The molecule has 0 fully saturated rings. The van der Waals surface area contributed by atoms with Gasteiger partial charge in [-0.25, -0.2) is 4.79 Å². The van der Waals surface area contributed by atoms with Crippen LogP contribution < -0.4 is 0 Å². The van der Waals surface area contributed by atoms with Gasteiger partial charge in [-0.15, -0.1) is 0 Å². The molecule has 0 radical (unpaired) electrons. The molecule has 1 aliphatic rings. The van der Waals surface area contributed by atoms with Crippen molar-refractivity contribution in [2.75, 3.05) is 0 Å². The van der Waals surface area contributed by atoms with Crippen LogP contribution in [-0.4, -0.2) is 22.8 Å². The summed E-state index contributed by atoms with van der Waals surface area (Å²) in [7, 11) is 0. The van der Waals surface area contributed by atoms with Crippen LogP contribution in [0, 0.1) is 5.92 Å². The van der Waals surface area contributed by atoms with Gasteiger partial charge in [0.1, 0.15) is 0 Å². The van der Waals surface area contributed by atoms with E-state index in [-0.39, 0.29) is 11.1 Å². The number of amides is 2. The highest BCUT2D eigenvalue weighted by Crippen LogP contribution is 2.23. The van der Waals surface area contributed by atoms with E-state index in [4.69, 9.17) is 4.84 Å². The summed E-state index contributed by atoms with van der Waals surface area (Å²) in [5.74, 6) is -1.47. The van der Waals surface area contributed by atoms with Gasteiger partial charge in [-0.05, 0) is 42.2 Å². The summed E-state index contributed by atoms with van der Waals surface area (Å²) in [6.07, 6.45) is 0.910. The summed E-state index contributed by atoms with van der Waals surface area (Å²) in [5.41, 5.74) is 1.88. The summed E-state index contributed by atoms with van der Waals surface area (Å²) >= 11 is 0. The number of hydrogen-bond acceptors (Lipinski definition) is 4. The molecule has 0 saturated carbocycles. The molecule has 5 heteroatoms. The predicted molar refractivity (Wildman–Crippen MR) is 87.3 cm³/mol. The Morgan fingerprint density at radius 1 is 0.958 bits per heavy atom. The topological polar surface area (TPSA) is 63.7 Å². The average molecular weight is 323 g/mol. The Kier molecular flexibility index (Phi) is 4.16. The summed E-state index contributed by atoms with van der Waals surface area (Å²) in [6, 6.07) is 13.3. The van der Waals surface area contributed by atoms with E-state index in [1.165, 1.54) is 12.1 Å². The molecular weight excluding hydrogens is 306 g/mol. The van der Waals surface area contributed by atoms with Gasteiger partial charge in [-0.1, -0.05) is 43.2 Å². The summed E-state index contributed by atoms with van der Waals surface area (Å²) < 4.78 is 0. The lowest BCUT2D eigenvalue weighted by atomic mass is 10.0. The first-order valence-electron chi connectivity index (χ1n) is 7.76. The molecule has 1 aliphatic heterocycles. The molecule has 24 heavy (non-hydrogen) atoms. The largest absolute Gasteiger partial charge is 0.363 e. The molecule has 5 nitrogen and oxygen atoms in total. The van der Waals surface area contributed by atoms with E-state index in [2.05, 4.69) is 13.8 Å². The van der Waals surface area contributed by atoms with Crippen LogP contribution in [0.3, 0.4) is 0 Å². The van der Waals surface area contributed by atoms with Crippen molar-refractivity contribution >= 4 is 17.8 Å². The van der Waals surface area contributed by atoms with Gasteiger partial charge in [-0.3, -0.25) is 9.59 Å². The van der Waals surface area contributed by atoms with Crippen molar-refractivity contribution in [2.24, 2.45) is 5.92 Å². The third kappa shape index (κ3) is 2.93. The van der Waals surface area contributed by atoms with Crippen molar-refractivity contribution < 1.29 is 19.2 Å². The van der Waals surface area contributed by atoms with Crippen LogP contribution in [0.1, 0.15) is 50.5 Å². The Balaban J connectivity index is 1.74. The third-order valence-corrected chi connectivity index (χ3v) is 3.76. The van der Waals surface area contributed by atoms with Gasteiger partial charge in [0.15, 0.2) is 0 Å². The Labute approximate surface area is 139 Å². The maximum atomic E-state index is 12.2. The van der Waals surface area contributed by atoms with Gasteiger partial charge in [0.25, 0.3) is 11.8 Å². The Morgan fingerprint density at radius 3 is 2.00 bits per heavy atom. The second kappa shape index (κ2) is 6.28. The predicted octanol–water partition coefficient (Wildman–Crippen LogP) is 3.25. The van der Waals surface area contributed by atoms with Crippen molar-refractivity contribution in [1.82, 2.24) is 5.06 Å². The Hall–Kier alpha value is -2.95. The van der Waals surface area contributed by atoms with Crippen LogP contribution >= 0.6 is 0 Å². The molecule has 2 amide bonds. The standard InChI is InChI=1S/C19H17NO4/c1-12(2)11-13-7-9-14(10-8-13)19(23)24-20-17(21)15-5-3-4-6-16(15)18(20)22/h3-10,12H,11H2,1-2H3. The number of carbonyl (C=O) groups excluding carboxylic acids is 3. The molecule has 0 unspecified atom stereocenters. The van der Waals surface area contributed by atoms with E-state index in [0.717, 1.165) is 12.0 Å². The minimum atomic E-state index is -0.736. The lowest BCUT2D eigenvalue weighted by molar-refractivity contribution is -0.0584. The van der Waals surface area contributed by atoms with Crippen molar-refractivity contribution in [3.05, 3.63) is 70.8 Å². The fourth-order valence-corrected chi connectivity index (χ4v) is 2.63. The zero-order valence-corrected chi connectivity index (χ0v) is 13.5. The molecule has 2 aromatic carbocycles. The molecular formula is C19H17NO4. The Bertz CT molecular complexity index is 773. The van der Waals surface area contributed by atoms with E-state index in [1.807, 2.05) is 12.1 Å².